The maximum absolute atomic E-state index is 10.3. The third kappa shape index (κ3) is 3.80. The van der Waals surface area contributed by atoms with E-state index in [4.69, 9.17) is 4.74 Å². The van der Waals surface area contributed by atoms with E-state index in [0.29, 0.717) is 19.8 Å². The molecular formula is C15H23NO2. The Morgan fingerprint density at radius 1 is 1.17 bits per heavy atom. The molecule has 1 aromatic rings. The number of nitrogens with one attached hydrogen (secondary N) is 1. The largest absolute Gasteiger partial charge is 0.388 e. The second kappa shape index (κ2) is 5.83. The normalized spacial score (nSPS) is 18.8. The summed E-state index contributed by atoms with van der Waals surface area (Å²) in [6.45, 7) is 7.02. The SMILES string of the molecule is Cc1cc(C)cc(CNCC2(O)CCOCC2)c1. The zero-order valence-corrected chi connectivity index (χ0v) is 11.3. The van der Waals surface area contributed by atoms with E-state index < -0.39 is 5.60 Å². The van der Waals surface area contributed by atoms with E-state index in [0.717, 1.165) is 19.4 Å². The highest BCUT2D eigenvalue weighted by Crippen LogP contribution is 2.19. The molecule has 1 aromatic carbocycles. The van der Waals surface area contributed by atoms with Gasteiger partial charge in [0, 0.05) is 39.1 Å². The molecule has 1 heterocycles. The van der Waals surface area contributed by atoms with Gasteiger partial charge >= 0.3 is 0 Å². The fourth-order valence-electron chi connectivity index (χ4n) is 2.54. The van der Waals surface area contributed by atoms with Gasteiger partial charge in [-0.2, -0.15) is 0 Å². The predicted molar refractivity (Wildman–Crippen MR) is 72.6 cm³/mol. The van der Waals surface area contributed by atoms with Crippen LogP contribution in [0.1, 0.15) is 29.5 Å². The lowest BCUT2D eigenvalue weighted by molar-refractivity contribution is -0.0617. The van der Waals surface area contributed by atoms with Crippen LogP contribution in [0.15, 0.2) is 18.2 Å². The molecule has 1 saturated heterocycles. The Balaban J connectivity index is 1.84. The standard InChI is InChI=1S/C15H23NO2/c1-12-7-13(2)9-14(8-12)10-16-11-15(17)3-5-18-6-4-15/h7-9,16-17H,3-6,10-11H2,1-2H3. The van der Waals surface area contributed by atoms with Crippen LogP contribution in [0.25, 0.3) is 0 Å². The maximum atomic E-state index is 10.3. The van der Waals surface area contributed by atoms with Crippen molar-refractivity contribution in [2.75, 3.05) is 19.8 Å². The minimum absolute atomic E-state index is 0.586. The first-order valence-corrected chi connectivity index (χ1v) is 6.65. The molecule has 0 atom stereocenters. The molecule has 1 fully saturated rings. The van der Waals surface area contributed by atoms with E-state index in [1.54, 1.807) is 0 Å². The van der Waals surface area contributed by atoms with E-state index in [1.807, 2.05) is 0 Å². The number of hydrogen-bond acceptors (Lipinski definition) is 3. The number of hydrogen-bond donors (Lipinski definition) is 2. The molecule has 0 aliphatic carbocycles. The van der Waals surface area contributed by atoms with Gasteiger partial charge in [-0.05, 0) is 19.4 Å². The highest BCUT2D eigenvalue weighted by atomic mass is 16.5. The third-order valence-corrected chi connectivity index (χ3v) is 3.49. The van der Waals surface area contributed by atoms with Crippen molar-refractivity contribution in [1.29, 1.82) is 0 Å². The van der Waals surface area contributed by atoms with Gasteiger partial charge in [0.2, 0.25) is 0 Å². The summed E-state index contributed by atoms with van der Waals surface area (Å²) in [5.41, 5.74) is 3.27. The number of rotatable bonds is 4. The second-order valence-electron chi connectivity index (χ2n) is 5.44. The molecule has 2 N–H and O–H groups in total. The van der Waals surface area contributed by atoms with Crippen molar-refractivity contribution in [2.45, 2.75) is 38.8 Å². The quantitative estimate of drug-likeness (QED) is 0.857. The van der Waals surface area contributed by atoms with Gasteiger partial charge in [-0.25, -0.2) is 0 Å². The summed E-state index contributed by atoms with van der Waals surface area (Å²) in [4.78, 5) is 0. The molecule has 100 valence electrons. The van der Waals surface area contributed by atoms with E-state index in [1.165, 1.54) is 16.7 Å². The van der Waals surface area contributed by atoms with Crippen LogP contribution in [0, 0.1) is 13.8 Å². The van der Waals surface area contributed by atoms with Crippen molar-refractivity contribution >= 4 is 0 Å². The fourth-order valence-corrected chi connectivity index (χ4v) is 2.54. The average Bonchev–Trinajstić information content (AvgIpc) is 2.28. The monoisotopic (exact) mass is 249 g/mol. The maximum Gasteiger partial charge on any atom is 0.0815 e. The van der Waals surface area contributed by atoms with Gasteiger partial charge in [0.25, 0.3) is 0 Å². The molecule has 2 rings (SSSR count). The van der Waals surface area contributed by atoms with Crippen LogP contribution in [0.4, 0.5) is 0 Å². The first-order chi connectivity index (χ1) is 8.57. The summed E-state index contributed by atoms with van der Waals surface area (Å²) < 4.78 is 5.27. The van der Waals surface area contributed by atoms with Crippen molar-refractivity contribution < 1.29 is 9.84 Å². The Kier molecular flexibility index (Phi) is 4.38. The van der Waals surface area contributed by atoms with Gasteiger partial charge in [-0.1, -0.05) is 29.3 Å². The molecule has 3 nitrogen and oxygen atoms in total. The minimum Gasteiger partial charge on any atom is -0.388 e. The Bertz CT molecular complexity index is 377. The van der Waals surface area contributed by atoms with Crippen LogP contribution in [0.2, 0.25) is 0 Å². The number of aliphatic hydroxyl groups is 1. The molecule has 0 bridgehead atoms. The number of ether oxygens (including phenoxy) is 1. The highest BCUT2D eigenvalue weighted by molar-refractivity contribution is 5.28. The summed E-state index contributed by atoms with van der Waals surface area (Å²) in [6.07, 6.45) is 1.46. The molecular weight excluding hydrogens is 226 g/mol. The molecule has 0 amide bonds. The van der Waals surface area contributed by atoms with Crippen LogP contribution in [0.3, 0.4) is 0 Å². The zero-order valence-electron chi connectivity index (χ0n) is 11.3. The Morgan fingerprint density at radius 3 is 2.39 bits per heavy atom. The van der Waals surface area contributed by atoms with Crippen LogP contribution in [0.5, 0.6) is 0 Å². The molecule has 0 unspecified atom stereocenters. The summed E-state index contributed by atoms with van der Waals surface area (Å²) in [7, 11) is 0. The summed E-state index contributed by atoms with van der Waals surface area (Å²) >= 11 is 0. The van der Waals surface area contributed by atoms with Crippen LogP contribution < -0.4 is 5.32 Å². The predicted octanol–water partition coefficient (Wildman–Crippen LogP) is 1.93. The van der Waals surface area contributed by atoms with Crippen molar-refractivity contribution in [3.63, 3.8) is 0 Å². The molecule has 0 spiro atoms. The molecule has 1 aliphatic rings. The van der Waals surface area contributed by atoms with Gasteiger partial charge in [0.05, 0.1) is 5.60 Å². The fraction of sp³-hybridized carbons (Fsp3) is 0.600. The smallest absolute Gasteiger partial charge is 0.0815 e. The van der Waals surface area contributed by atoms with Gasteiger partial charge in [0.15, 0.2) is 0 Å². The van der Waals surface area contributed by atoms with E-state index in [9.17, 15) is 5.11 Å². The Labute approximate surface area is 109 Å². The van der Waals surface area contributed by atoms with Gasteiger partial charge in [-0.15, -0.1) is 0 Å². The number of aryl methyl sites for hydroxylation is 2. The Hall–Kier alpha value is -0.900. The third-order valence-electron chi connectivity index (χ3n) is 3.49. The lowest BCUT2D eigenvalue weighted by Crippen LogP contribution is -2.44. The summed E-state index contributed by atoms with van der Waals surface area (Å²) in [5, 5.41) is 13.7. The van der Waals surface area contributed by atoms with E-state index >= 15 is 0 Å². The Morgan fingerprint density at radius 2 is 1.78 bits per heavy atom. The summed E-state index contributed by atoms with van der Waals surface area (Å²) in [5.74, 6) is 0. The highest BCUT2D eigenvalue weighted by Gasteiger charge is 2.28. The van der Waals surface area contributed by atoms with Crippen LogP contribution >= 0.6 is 0 Å². The molecule has 0 aromatic heterocycles. The molecule has 1 aliphatic heterocycles. The van der Waals surface area contributed by atoms with Crippen LogP contribution in [-0.4, -0.2) is 30.5 Å². The second-order valence-corrected chi connectivity index (χ2v) is 5.44. The zero-order chi connectivity index (χ0) is 13.0. The minimum atomic E-state index is -0.586. The lowest BCUT2D eigenvalue weighted by Gasteiger charge is -2.32. The summed E-state index contributed by atoms with van der Waals surface area (Å²) in [6, 6.07) is 6.55. The molecule has 0 saturated carbocycles. The van der Waals surface area contributed by atoms with Gasteiger partial charge in [-0.3, -0.25) is 0 Å². The van der Waals surface area contributed by atoms with Gasteiger partial charge in [0.1, 0.15) is 0 Å². The van der Waals surface area contributed by atoms with Crippen molar-refractivity contribution in [3.8, 4) is 0 Å². The molecule has 3 heteroatoms. The van der Waals surface area contributed by atoms with Crippen LogP contribution in [-0.2, 0) is 11.3 Å². The van der Waals surface area contributed by atoms with E-state index in [-0.39, 0.29) is 0 Å². The lowest BCUT2D eigenvalue weighted by atomic mass is 9.94. The first kappa shape index (κ1) is 13.5. The van der Waals surface area contributed by atoms with Crippen molar-refractivity contribution in [2.24, 2.45) is 0 Å². The topological polar surface area (TPSA) is 41.5 Å². The molecule has 0 radical (unpaired) electrons. The van der Waals surface area contributed by atoms with Crippen molar-refractivity contribution in [1.82, 2.24) is 5.32 Å². The molecule has 18 heavy (non-hydrogen) atoms. The average molecular weight is 249 g/mol. The van der Waals surface area contributed by atoms with Crippen molar-refractivity contribution in [3.05, 3.63) is 34.9 Å². The number of benzene rings is 1. The first-order valence-electron chi connectivity index (χ1n) is 6.65. The van der Waals surface area contributed by atoms with E-state index in [2.05, 4.69) is 37.4 Å². The van der Waals surface area contributed by atoms with Gasteiger partial charge < -0.3 is 15.2 Å².